The monoisotopic (exact) mass is 186 g/mol. The number of hydrogen-bond donors (Lipinski definition) is 3. The average molecular weight is 186 g/mol. The molecule has 1 atom stereocenters. The van der Waals surface area contributed by atoms with Crippen LogP contribution in [0, 0.1) is 11.3 Å². The number of carboxylic acids is 1. The predicted molar refractivity (Wildman–Crippen MR) is 51.8 cm³/mol. The molecule has 0 radical (unpaired) electrons. The molecular weight excluding hydrogens is 168 g/mol. The maximum Gasteiger partial charge on any atom is 0.306 e. The molecule has 0 spiro atoms. The normalized spacial score (nSPS) is 12.4. The third kappa shape index (κ3) is 6.13. The Morgan fingerprint density at radius 1 is 1.54 bits per heavy atom. The van der Waals surface area contributed by atoms with Gasteiger partial charge in [-0.15, -0.1) is 0 Å². The predicted octanol–water partition coefficient (Wildman–Crippen LogP) is 1.59. The SMILES string of the molecule is CCCCC(CCC(=N)N)C(=O)O. The number of unbranched alkanes of at least 4 members (excludes halogenated alkanes) is 1. The Morgan fingerprint density at radius 2 is 2.15 bits per heavy atom. The van der Waals surface area contributed by atoms with Crippen molar-refractivity contribution in [3.05, 3.63) is 0 Å². The zero-order valence-corrected chi connectivity index (χ0v) is 8.05. The number of amidine groups is 1. The number of carboxylic acid groups (broad SMARTS) is 1. The van der Waals surface area contributed by atoms with Crippen LogP contribution in [0.25, 0.3) is 0 Å². The topological polar surface area (TPSA) is 87.2 Å². The lowest BCUT2D eigenvalue weighted by Gasteiger charge is -2.10. The van der Waals surface area contributed by atoms with Crippen molar-refractivity contribution in [2.24, 2.45) is 11.7 Å². The lowest BCUT2D eigenvalue weighted by atomic mass is 9.97. The minimum absolute atomic E-state index is 0.0720. The van der Waals surface area contributed by atoms with Crippen LogP contribution in [0.5, 0.6) is 0 Å². The zero-order valence-electron chi connectivity index (χ0n) is 8.05. The van der Waals surface area contributed by atoms with Crippen molar-refractivity contribution < 1.29 is 9.90 Å². The van der Waals surface area contributed by atoms with Crippen LogP contribution in [-0.4, -0.2) is 16.9 Å². The highest BCUT2D eigenvalue weighted by atomic mass is 16.4. The fourth-order valence-corrected chi connectivity index (χ4v) is 1.17. The minimum Gasteiger partial charge on any atom is -0.481 e. The van der Waals surface area contributed by atoms with E-state index >= 15 is 0 Å². The molecule has 0 aliphatic heterocycles. The van der Waals surface area contributed by atoms with E-state index in [1.165, 1.54) is 0 Å². The molecular formula is C9H18N2O2. The van der Waals surface area contributed by atoms with Gasteiger partial charge in [-0.05, 0) is 12.8 Å². The van der Waals surface area contributed by atoms with E-state index in [4.69, 9.17) is 16.2 Å². The lowest BCUT2D eigenvalue weighted by molar-refractivity contribution is -0.142. The van der Waals surface area contributed by atoms with E-state index < -0.39 is 5.97 Å². The molecule has 1 unspecified atom stereocenters. The molecule has 0 rings (SSSR count). The summed E-state index contributed by atoms with van der Waals surface area (Å²) in [5, 5.41) is 15.8. The summed E-state index contributed by atoms with van der Waals surface area (Å²) in [6.07, 6.45) is 3.50. The second-order valence-electron chi connectivity index (χ2n) is 3.24. The minimum atomic E-state index is -0.769. The van der Waals surface area contributed by atoms with Crippen LogP contribution in [0.3, 0.4) is 0 Å². The molecule has 13 heavy (non-hydrogen) atoms. The van der Waals surface area contributed by atoms with Gasteiger partial charge in [0.25, 0.3) is 0 Å². The molecule has 0 saturated heterocycles. The number of nitrogens with two attached hydrogens (primary N) is 1. The second kappa shape index (κ2) is 6.46. The van der Waals surface area contributed by atoms with Gasteiger partial charge in [0.1, 0.15) is 0 Å². The first-order chi connectivity index (χ1) is 6.07. The third-order valence-electron chi connectivity index (χ3n) is 2.02. The van der Waals surface area contributed by atoms with Crippen LogP contribution in [0.1, 0.15) is 39.0 Å². The zero-order chi connectivity index (χ0) is 10.3. The maximum atomic E-state index is 10.7. The van der Waals surface area contributed by atoms with E-state index in [1.54, 1.807) is 0 Å². The lowest BCUT2D eigenvalue weighted by Crippen LogP contribution is -2.17. The van der Waals surface area contributed by atoms with E-state index in [2.05, 4.69) is 0 Å². The molecule has 0 saturated carbocycles. The number of carbonyl (C=O) groups is 1. The van der Waals surface area contributed by atoms with Crippen LogP contribution in [-0.2, 0) is 4.79 Å². The van der Waals surface area contributed by atoms with Gasteiger partial charge in [-0.25, -0.2) is 0 Å². The summed E-state index contributed by atoms with van der Waals surface area (Å²) in [4.78, 5) is 10.7. The van der Waals surface area contributed by atoms with Crippen molar-refractivity contribution in [3.8, 4) is 0 Å². The van der Waals surface area contributed by atoms with Gasteiger partial charge >= 0.3 is 5.97 Å². The quantitative estimate of drug-likeness (QED) is 0.417. The van der Waals surface area contributed by atoms with Gasteiger partial charge in [0.15, 0.2) is 0 Å². The van der Waals surface area contributed by atoms with Crippen LogP contribution in [0.15, 0.2) is 0 Å². The van der Waals surface area contributed by atoms with Crippen LogP contribution in [0.2, 0.25) is 0 Å². The van der Waals surface area contributed by atoms with E-state index in [1.807, 2.05) is 6.92 Å². The van der Waals surface area contributed by atoms with E-state index in [-0.39, 0.29) is 11.8 Å². The molecule has 4 N–H and O–H groups in total. The van der Waals surface area contributed by atoms with Gasteiger partial charge in [-0.1, -0.05) is 19.8 Å². The van der Waals surface area contributed by atoms with E-state index in [0.717, 1.165) is 12.8 Å². The first kappa shape index (κ1) is 11.9. The second-order valence-corrected chi connectivity index (χ2v) is 3.24. The largest absolute Gasteiger partial charge is 0.481 e. The van der Waals surface area contributed by atoms with Crippen LogP contribution in [0.4, 0.5) is 0 Å². The highest BCUT2D eigenvalue weighted by Crippen LogP contribution is 2.14. The number of rotatable bonds is 7. The Hall–Kier alpha value is -1.06. The number of nitrogens with one attached hydrogen (secondary N) is 1. The third-order valence-corrected chi connectivity index (χ3v) is 2.02. The maximum absolute atomic E-state index is 10.7. The Labute approximate surface area is 78.6 Å². The van der Waals surface area contributed by atoms with Crippen molar-refractivity contribution in [2.45, 2.75) is 39.0 Å². The summed E-state index contributed by atoms with van der Waals surface area (Å²) in [5.41, 5.74) is 5.16. The Kier molecular flexibility index (Phi) is 5.93. The Bertz CT molecular complexity index is 180. The summed E-state index contributed by atoms with van der Waals surface area (Å²) >= 11 is 0. The summed E-state index contributed by atoms with van der Waals surface area (Å²) in [6, 6.07) is 0. The average Bonchev–Trinajstić information content (AvgIpc) is 2.03. The summed E-state index contributed by atoms with van der Waals surface area (Å²) < 4.78 is 0. The highest BCUT2D eigenvalue weighted by molar-refractivity contribution is 5.78. The smallest absolute Gasteiger partial charge is 0.306 e. The Morgan fingerprint density at radius 3 is 2.54 bits per heavy atom. The van der Waals surface area contributed by atoms with E-state index in [9.17, 15) is 4.79 Å². The molecule has 0 aromatic heterocycles. The summed E-state index contributed by atoms with van der Waals surface area (Å²) in [6.45, 7) is 2.03. The molecule has 0 bridgehead atoms. The van der Waals surface area contributed by atoms with Gasteiger partial charge in [0.05, 0.1) is 11.8 Å². The molecule has 0 amide bonds. The molecule has 0 fully saturated rings. The molecule has 0 aromatic rings. The fraction of sp³-hybridized carbons (Fsp3) is 0.778. The summed E-state index contributed by atoms with van der Waals surface area (Å²) in [5.74, 6) is -1.03. The molecule has 4 heteroatoms. The molecule has 0 aliphatic carbocycles. The van der Waals surface area contributed by atoms with Crippen molar-refractivity contribution in [1.82, 2.24) is 0 Å². The van der Waals surface area contributed by atoms with Gasteiger partial charge in [-0.3, -0.25) is 10.2 Å². The molecule has 0 aromatic carbocycles. The standard InChI is InChI=1S/C9H18N2O2/c1-2-3-4-7(9(12)13)5-6-8(10)11/h7H,2-6H2,1H3,(H3,10,11)(H,12,13). The Balaban J connectivity index is 3.80. The molecule has 4 nitrogen and oxygen atoms in total. The number of aliphatic carboxylic acids is 1. The molecule has 0 aliphatic rings. The van der Waals surface area contributed by atoms with Gasteiger partial charge in [0, 0.05) is 6.42 Å². The fourth-order valence-electron chi connectivity index (χ4n) is 1.17. The van der Waals surface area contributed by atoms with Crippen molar-refractivity contribution >= 4 is 11.8 Å². The van der Waals surface area contributed by atoms with E-state index in [0.29, 0.717) is 19.3 Å². The van der Waals surface area contributed by atoms with Gasteiger partial charge in [-0.2, -0.15) is 0 Å². The van der Waals surface area contributed by atoms with Crippen molar-refractivity contribution in [1.29, 1.82) is 5.41 Å². The van der Waals surface area contributed by atoms with Gasteiger partial charge < -0.3 is 10.8 Å². The first-order valence-corrected chi connectivity index (χ1v) is 4.63. The van der Waals surface area contributed by atoms with Gasteiger partial charge in [0.2, 0.25) is 0 Å². The molecule has 0 heterocycles. The van der Waals surface area contributed by atoms with Crippen molar-refractivity contribution in [2.75, 3.05) is 0 Å². The summed E-state index contributed by atoms with van der Waals surface area (Å²) in [7, 11) is 0. The highest BCUT2D eigenvalue weighted by Gasteiger charge is 2.16. The van der Waals surface area contributed by atoms with Crippen molar-refractivity contribution in [3.63, 3.8) is 0 Å². The van der Waals surface area contributed by atoms with Crippen LogP contribution < -0.4 is 5.73 Å². The number of hydrogen-bond acceptors (Lipinski definition) is 2. The first-order valence-electron chi connectivity index (χ1n) is 4.63. The molecule has 76 valence electrons. The van der Waals surface area contributed by atoms with Crippen LogP contribution >= 0.6 is 0 Å².